The fourth-order valence-corrected chi connectivity index (χ4v) is 10.4. The monoisotopic (exact) mass is 924 g/mol. The Kier molecular flexibility index (Phi) is 16.3. The Balaban J connectivity index is 0.777. The number of ether oxygens (including phenoxy) is 1. The Bertz CT molecular complexity index is 2420. The van der Waals surface area contributed by atoms with Crippen molar-refractivity contribution >= 4 is 17.1 Å². The maximum atomic E-state index is 6.21. The van der Waals surface area contributed by atoms with Gasteiger partial charge in [-0.3, -0.25) is 14.7 Å². The van der Waals surface area contributed by atoms with Crippen LogP contribution in [-0.4, -0.2) is 134 Å². The first-order valence-corrected chi connectivity index (χ1v) is 25.3. The fourth-order valence-electron chi connectivity index (χ4n) is 10.4. The van der Waals surface area contributed by atoms with E-state index in [1.807, 2.05) is 19.9 Å². The molecule has 0 N–H and O–H groups in total. The second-order valence-corrected chi connectivity index (χ2v) is 19.5. The Labute approximate surface area is 403 Å². The zero-order valence-electron chi connectivity index (χ0n) is 41.0. The summed E-state index contributed by atoms with van der Waals surface area (Å²) in [5, 5.41) is 12.8. The highest BCUT2D eigenvalue weighted by Crippen LogP contribution is 2.28. The van der Waals surface area contributed by atoms with Gasteiger partial charge in [0.15, 0.2) is 0 Å². The van der Waals surface area contributed by atoms with E-state index >= 15 is 0 Å². The number of benzene rings is 3. The molecule has 0 bridgehead atoms. The van der Waals surface area contributed by atoms with Crippen LogP contribution in [0.5, 0.6) is 0 Å². The van der Waals surface area contributed by atoms with E-state index < -0.39 is 0 Å². The van der Waals surface area contributed by atoms with Crippen molar-refractivity contribution in [1.82, 2.24) is 30.2 Å². The van der Waals surface area contributed by atoms with Crippen LogP contribution in [0.3, 0.4) is 0 Å². The number of hydrogen-bond acceptors (Lipinski definition) is 13. The topological polar surface area (TPSA) is 107 Å². The van der Waals surface area contributed by atoms with Gasteiger partial charge in [-0.1, -0.05) is 63.0 Å². The molecule has 0 aliphatic carbocycles. The normalized spacial score (nSPS) is 18.8. The molecule has 3 aliphatic heterocycles. The standard InChI is InChI=1S/C55H73N9O4/c1-42-10-17-51(18-11-42)63-32-30-61(54(39-63)55-40-64(52-19-12-43(2)13-20-52)33-31-62(55)34-35-65-41-49-37-45(4)67-58-49)25-7-9-48-38-53(68-57-48)23-16-46-14-21-50(22-15-46)60-28-26-59(27-29-60)24-6-5-8-47-36-44(3)66-56-47/h10-15,17-22,36-38,54-55H,5-9,16,23-35,39-41H2,1-4H3. The quantitative estimate of drug-likeness (QED) is 0.0647. The summed E-state index contributed by atoms with van der Waals surface area (Å²) in [6.45, 7) is 22.6. The van der Waals surface area contributed by atoms with Crippen LogP contribution >= 0.6 is 0 Å². The number of nitrogens with zero attached hydrogens (tertiary/aromatic N) is 9. The smallest absolute Gasteiger partial charge is 0.137 e. The first kappa shape index (κ1) is 47.6. The van der Waals surface area contributed by atoms with Crippen molar-refractivity contribution in [2.75, 3.05) is 106 Å². The summed E-state index contributed by atoms with van der Waals surface area (Å²) in [7, 11) is 0. The van der Waals surface area contributed by atoms with Crippen LogP contribution in [0, 0.1) is 27.7 Å². The number of hydrogen-bond donors (Lipinski definition) is 0. The minimum atomic E-state index is 0.316. The molecule has 6 heterocycles. The van der Waals surface area contributed by atoms with Crippen LogP contribution in [0.4, 0.5) is 17.1 Å². The molecule has 3 saturated heterocycles. The molecule has 3 aliphatic rings. The van der Waals surface area contributed by atoms with Gasteiger partial charge in [-0.05, 0) is 121 Å². The minimum absolute atomic E-state index is 0.316. The summed E-state index contributed by atoms with van der Waals surface area (Å²) < 4.78 is 22.6. The number of aryl methyl sites for hydroxylation is 8. The molecule has 6 aromatic rings. The first-order valence-electron chi connectivity index (χ1n) is 25.3. The van der Waals surface area contributed by atoms with Crippen molar-refractivity contribution in [2.45, 2.75) is 91.3 Å². The molecule has 0 saturated carbocycles. The Morgan fingerprint density at radius 3 is 1.63 bits per heavy atom. The number of aromatic nitrogens is 3. The molecule has 362 valence electrons. The van der Waals surface area contributed by atoms with Gasteiger partial charge in [-0.2, -0.15) is 0 Å². The average Bonchev–Trinajstić information content (AvgIpc) is 4.13. The maximum Gasteiger partial charge on any atom is 0.137 e. The molecular formula is C55H73N9O4. The van der Waals surface area contributed by atoms with Gasteiger partial charge in [0.05, 0.1) is 24.6 Å². The minimum Gasteiger partial charge on any atom is -0.374 e. The fraction of sp³-hybridized carbons (Fsp3) is 0.509. The van der Waals surface area contributed by atoms with Crippen LogP contribution < -0.4 is 14.7 Å². The van der Waals surface area contributed by atoms with Gasteiger partial charge >= 0.3 is 0 Å². The Morgan fingerprint density at radius 2 is 1.01 bits per heavy atom. The molecule has 0 amide bonds. The molecule has 2 atom stereocenters. The van der Waals surface area contributed by atoms with Crippen LogP contribution in [0.2, 0.25) is 0 Å². The van der Waals surface area contributed by atoms with Crippen LogP contribution in [0.25, 0.3) is 0 Å². The van der Waals surface area contributed by atoms with Crippen molar-refractivity contribution in [3.63, 3.8) is 0 Å². The maximum absolute atomic E-state index is 6.21. The summed E-state index contributed by atoms with van der Waals surface area (Å²) in [6.07, 6.45) is 7.05. The van der Waals surface area contributed by atoms with E-state index in [1.165, 1.54) is 40.2 Å². The molecule has 3 fully saturated rings. The number of unbranched alkanes of at least 4 members (excludes halogenated alkanes) is 1. The van der Waals surface area contributed by atoms with Gasteiger partial charge in [0, 0.05) is 126 Å². The zero-order valence-corrected chi connectivity index (χ0v) is 41.0. The van der Waals surface area contributed by atoms with Crippen molar-refractivity contribution in [2.24, 2.45) is 0 Å². The van der Waals surface area contributed by atoms with E-state index in [0.717, 1.165) is 158 Å². The molecule has 13 heteroatoms. The van der Waals surface area contributed by atoms with E-state index in [-0.39, 0.29) is 0 Å². The molecule has 9 rings (SSSR count). The van der Waals surface area contributed by atoms with E-state index in [1.54, 1.807) is 0 Å². The lowest BCUT2D eigenvalue weighted by atomic mass is 9.97. The van der Waals surface area contributed by atoms with E-state index in [2.05, 4.69) is 144 Å². The molecule has 2 unspecified atom stereocenters. The van der Waals surface area contributed by atoms with Crippen molar-refractivity contribution < 1.29 is 18.3 Å². The molecular weight excluding hydrogens is 851 g/mol. The van der Waals surface area contributed by atoms with Gasteiger partial charge in [-0.25, -0.2) is 0 Å². The number of anilines is 3. The predicted octanol–water partition coefficient (Wildman–Crippen LogP) is 8.35. The third kappa shape index (κ3) is 13.0. The first-order chi connectivity index (χ1) is 33.3. The lowest BCUT2D eigenvalue weighted by Crippen LogP contribution is -2.67. The van der Waals surface area contributed by atoms with Crippen LogP contribution in [0.1, 0.15) is 70.3 Å². The van der Waals surface area contributed by atoms with E-state index in [4.69, 9.17) is 18.3 Å². The second kappa shape index (κ2) is 23.2. The van der Waals surface area contributed by atoms with Crippen LogP contribution in [0.15, 0.2) is 105 Å². The Hall–Kier alpha value is -5.47. The molecule has 3 aromatic carbocycles. The van der Waals surface area contributed by atoms with Gasteiger partial charge in [0.2, 0.25) is 0 Å². The summed E-state index contributed by atoms with van der Waals surface area (Å²) in [5.74, 6) is 2.68. The zero-order chi connectivity index (χ0) is 46.7. The summed E-state index contributed by atoms with van der Waals surface area (Å²) >= 11 is 0. The third-order valence-electron chi connectivity index (χ3n) is 14.4. The van der Waals surface area contributed by atoms with Gasteiger partial charge < -0.3 is 33.0 Å². The molecule has 0 spiro atoms. The molecule has 68 heavy (non-hydrogen) atoms. The lowest BCUT2D eigenvalue weighted by molar-refractivity contribution is 0.0302. The van der Waals surface area contributed by atoms with Crippen molar-refractivity contribution in [3.05, 3.63) is 142 Å². The van der Waals surface area contributed by atoms with Gasteiger partial charge in [-0.15, -0.1) is 0 Å². The van der Waals surface area contributed by atoms with Gasteiger partial charge in [0.1, 0.15) is 23.0 Å². The summed E-state index contributed by atoms with van der Waals surface area (Å²) in [6, 6.07) is 34.2. The lowest BCUT2D eigenvalue weighted by Gasteiger charge is -2.52. The van der Waals surface area contributed by atoms with E-state index in [0.29, 0.717) is 25.3 Å². The molecule has 0 radical (unpaired) electrons. The van der Waals surface area contributed by atoms with E-state index in [9.17, 15) is 0 Å². The van der Waals surface area contributed by atoms with Crippen molar-refractivity contribution in [1.29, 1.82) is 0 Å². The molecule has 13 nitrogen and oxygen atoms in total. The highest BCUT2D eigenvalue weighted by molar-refractivity contribution is 5.51. The van der Waals surface area contributed by atoms with Gasteiger partial charge in [0.25, 0.3) is 0 Å². The van der Waals surface area contributed by atoms with Crippen LogP contribution in [-0.2, 0) is 37.0 Å². The molecule has 3 aromatic heterocycles. The average molecular weight is 924 g/mol. The highest BCUT2D eigenvalue weighted by atomic mass is 16.5. The van der Waals surface area contributed by atoms with Crippen molar-refractivity contribution in [3.8, 4) is 0 Å². The number of rotatable bonds is 21. The second-order valence-electron chi connectivity index (χ2n) is 19.5. The third-order valence-corrected chi connectivity index (χ3v) is 14.4. The SMILES string of the molecule is Cc1ccc(N2CCN(CCCc3cc(CCc4ccc(N5CCN(CCCCc6cc(C)on6)CC5)cc4)on3)C(C3CN(c4ccc(C)cc4)CCN3CCOCc3cc(C)on3)C2)cc1. The summed E-state index contributed by atoms with van der Waals surface area (Å²) in [4.78, 5) is 15.8. The summed E-state index contributed by atoms with van der Waals surface area (Å²) in [5.41, 5.74) is 10.8. The number of piperazine rings is 3. The highest BCUT2D eigenvalue weighted by Gasteiger charge is 2.39. The Morgan fingerprint density at radius 1 is 0.485 bits per heavy atom. The largest absolute Gasteiger partial charge is 0.374 e. The predicted molar refractivity (Wildman–Crippen MR) is 270 cm³/mol.